The molecule has 136 valence electrons. The lowest BCUT2D eigenvalue weighted by atomic mass is 9.90. The first-order chi connectivity index (χ1) is 13.1. The summed E-state index contributed by atoms with van der Waals surface area (Å²) in [5, 5.41) is 13.6. The fourth-order valence-electron chi connectivity index (χ4n) is 3.58. The Bertz CT molecular complexity index is 1030. The Balaban J connectivity index is 0.000000264. The number of ketones is 1. The van der Waals surface area contributed by atoms with Gasteiger partial charge in [0.15, 0.2) is 0 Å². The minimum Gasteiger partial charge on any atom is -0.323 e. The number of fused-ring (bicyclic) bond motifs is 2. The molecule has 0 saturated heterocycles. The van der Waals surface area contributed by atoms with E-state index >= 15 is 0 Å². The van der Waals surface area contributed by atoms with Gasteiger partial charge in [0, 0.05) is 0 Å². The highest BCUT2D eigenvalue weighted by atomic mass is 16.1. The van der Waals surface area contributed by atoms with Crippen molar-refractivity contribution < 1.29 is 4.79 Å². The largest absolute Gasteiger partial charge is 0.323 e. The fourth-order valence-corrected chi connectivity index (χ4v) is 3.58. The van der Waals surface area contributed by atoms with Crippen molar-refractivity contribution in [2.24, 2.45) is 0 Å². The minimum atomic E-state index is 0.167. The summed E-state index contributed by atoms with van der Waals surface area (Å²) in [7, 11) is 3.75. The van der Waals surface area contributed by atoms with Crippen molar-refractivity contribution in [1.29, 1.82) is 0 Å². The average Bonchev–Trinajstić information content (AvgIpc) is 2.66. The van der Waals surface area contributed by atoms with E-state index in [4.69, 9.17) is 0 Å². The fraction of sp³-hybridized carbons (Fsp3) is 0.160. The second-order valence-corrected chi connectivity index (χ2v) is 6.83. The number of Topliss-reactive ketones (excluding diaryl/α,β-unsaturated/α-hetero) is 1. The van der Waals surface area contributed by atoms with E-state index in [-0.39, 0.29) is 5.78 Å². The Hall–Kier alpha value is -2.97. The monoisotopic (exact) mass is 355 g/mol. The summed E-state index contributed by atoms with van der Waals surface area (Å²) < 4.78 is 0. The van der Waals surface area contributed by atoms with Gasteiger partial charge in [-0.05, 0) is 71.0 Å². The van der Waals surface area contributed by atoms with Crippen LogP contribution in [0.5, 0.6) is 0 Å². The summed E-state index contributed by atoms with van der Waals surface area (Å²) in [6, 6.07) is 26.4. The molecule has 1 N–H and O–H groups in total. The molecule has 2 heteroatoms. The van der Waals surface area contributed by atoms with Gasteiger partial charge in [-0.3, -0.25) is 0 Å². The van der Waals surface area contributed by atoms with E-state index in [2.05, 4.69) is 78.1 Å². The second-order valence-electron chi connectivity index (χ2n) is 6.83. The predicted molar refractivity (Wildman–Crippen MR) is 119 cm³/mol. The molecule has 0 aliphatic carbocycles. The van der Waals surface area contributed by atoms with E-state index in [1.165, 1.54) is 56.9 Å². The van der Waals surface area contributed by atoms with E-state index in [1.54, 1.807) is 0 Å². The SMILES string of the molecule is CC(C)=O.CNC.c1cc2cccc3c4cccc5cccc(c(c1)c23)c54. The maximum Gasteiger partial charge on any atom is 0.126 e. The van der Waals surface area contributed by atoms with Gasteiger partial charge in [-0.2, -0.15) is 0 Å². The van der Waals surface area contributed by atoms with Crippen molar-refractivity contribution in [3.05, 3.63) is 72.8 Å². The highest BCUT2D eigenvalue weighted by Gasteiger charge is 2.11. The third-order valence-corrected chi connectivity index (χ3v) is 4.39. The molecule has 5 aromatic rings. The Morgan fingerprint density at radius 1 is 0.593 bits per heavy atom. The Morgan fingerprint density at radius 3 is 1.04 bits per heavy atom. The molecule has 0 atom stereocenters. The van der Waals surface area contributed by atoms with Gasteiger partial charge in [0.1, 0.15) is 5.78 Å². The molecule has 27 heavy (non-hydrogen) atoms. The molecule has 5 rings (SSSR count). The molecule has 0 spiro atoms. The quantitative estimate of drug-likeness (QED) is 0.266. The van der Waals surface area contributed by atoms with Crippen LogP contribution in [0.25, 0.3) is 43.1 Å². The van der Waals surface area contributed by atoms with Crippen LogP contribution < -0.4 is 5.32 Å². The van der Waals surface area contributed by atoms with Gasteiger partial charge in [0.05, 0.1) is 0 Å². The summed E-state index contributed by atoms with van der Waals surface area (Å²) in [5.74, 6) is 0.167. The number of benzene rings is 5. The van der Waals surface area contributed by atoms with Crippen molar-refractivity contribution >= 4 is 48.9 Å². The third kappa shape index (κ3) is 3.62. The zero-order chi connectivity index (χ0) is 19.4. The summed E-state index contributed by atoms with van der Waals surface area (Å²) in [6.45, 7) is 3.06. The Morgan fingerprint density at radius 2 is 0.815 bits per heavy atom. The van der Waals surface area contributed by atoms with Gasteiger partial charge >= 0.3 is 0 Å². The average molecular weight is 355 g/mol. The topological polar surface area (TPSA) is 29.1 Å². The maximum atomic E-state index is 9.44. The van der Waals surface area contributed by atoms with Crippen LogP contribution in [-0.2, 0) is 4.79 Å². The van der Waals surface area contributed by atoms with Crippen LogP contribution in [-0.4, -0.2) is 19.9 Å². The van der Waals surface area contributed by atoms with E-state index in [9.17, 15) is 4.79 Å². The number of hydrogen-bond acceptors (Lipinski definition) is 2. The van der Waals surface area contributed by atoms with E-state index in [0.717, 1.165) is 0 Å². The Kier molecular flexibility index (Phi) is 5.68. The predicted octanol–water partition coefficient (Wildman–Crippen LogP) is 6.17. The van der Waals surface area contributed by atoms with Crippen LogP contribution in [0.4, 0.5) is 0 Å². The van der Waals surface area contributed by atoms with E-state index in [0.29, 0.717) is 0 Å². The van der Waals surface area contributed by atoms with Gasteiger partial charge in [-0.25, -0.2) is 0 Å². The summed E-state index contributed by atoms with van der Waals surface area (Å²) in [4.78, 5) is 9.44. The minimum absolute atomic E-state index is 0.167. The van der Waals surface area contributed by atoms with Gasteiger partial charge in [-0.1, -0.05) is 72.8 Å². The first-order valence-corrected chi connectivity index (χ1v) is 9.18. The van der Waals surface area contributed by atoms with E-state index in [1.807, 2.05) is 14.1 Å². The van der Waals surface area contributed by atoms with Crippen molar-refractivity contribution in [2.45, 2.75) is 13.8 Å². The number of rotatable bonds is 0. The van der Waals surface area contributed by atoms with Gasteiger partial charge < -0.3 is 10.1 Å². The molecule has 0 unspecified atom stereocenters. The van der Waals surface area contributed by atoms with Crippen molar-refractivity contribution in [1.82, 2.24) is 5.32 Å². The van der Waals surface area contributed by atoms with Gasteiger partial charge in [0.2, 0.25) is 0 Å². The second kappa shape index (κ2) is 8.15. The highest BCUT2D eigenvalue weighted by molar-refractivity contribution is 6.32. The molecule has 5 aromatic carbocycles. The van der Waals surface area contributed by atoms with Crippen LogP contribution >= 0.6 is 0 Å². The van der Waals surface area contributed by atoms with E-state index < -0.39 is 0 Å². The maximum absolute atomic E-state index is 9.44. The molecule has 0 aliphatic heterocycles. The van der Waals surface area contributed by atoms with Crippen molar-refractivity contribution in [2.75, 3.05) is 14.1 Å². The number of carbonyl (C=O) groups excluding carboxylic acids is 1. The molecule has 0 fully saturated rings. The first kappa shape index (κ1) is 18.8. The molecule has 0 aromatic heterocycles. The van der Waals surface area contributed by atoms with Crippen LogP contribution in [0.3, 0.4) is 0 Å². The molecule has 0 aliphatic rings. The lowest BCUT2D eigenvalue weighted by Gasteiger charge is -2.13. The first-order valence-electron chi connectivity index (χ1n) is 9.18. The molecular weight excluding hydrogens is 330 g/mol. The molecule has 0 saturated carbocycles. The Labute approximate surface area is 160 Å². The lowest BCUT2D eigenvalue weighted by Crippen LogP contribution is -1.89. The zero-order valence-corrected chi connectivity index (χ0v) is 16.3. The summed E-state index contributed by atoms with van der Waals surface area (Å²) in [6.07, 6.45) is 0. The normalized spacial score (nSPS) is 10.5. The van der Waals surface area contributed by atoms with Crippen LogP contribution in [0.15, 0.2) is 72.8 Å². The molecule has 0 amide bonds. The van der Waals surface area contributed by atoms with Gasteiger partial charge in [0.25, 0.3) is 0 Å². The zero-order valence-electron chi connectivity index (χ0n) is 16.3. The molecular formula is C25H25NO. The summed E-state index contributed by atoms with van der Waals surface area (Å²) in [5.41, 5.74) is 0. The third-order valence-electron chi connectivity index (χ3n) is 4.39. The summed E-state index contributed by atoms with van der Waals surface area (Å²) >= 11 is 0. The van der Waals surface area contributed by atoms with Crippen LogP contribution in [0.2, 0.25) is 0 Å². The number of hydrogen-bond donors (Lipinski definition) is 1. The lowest BCUT2D eigenvalue weighted by molar-refractivity contribution is -0.114. The highest BCUT2D eigenvalue weighted by Crippen LogP contribution is 2.39. The van der Waals surface area contributed by atoms with Crippen LogP contribution in [0.1, 0.15) is 13.8 Å². The van der Waals surface area contributed by atoms with Crippen molar-refractivity contribution in [3.8, 4) is 0 Å². The van der Waals surface area contributed by atoms with Crippen LogP contribution in [0, 0.1) is 0 Å². The van der Waals surface area contributed by atoms with Gasteiger partial charge in [-0.15, -0.1) is 0 Å². The molecule has 0 radical (unpaired) electrons. The molecule has 0 bridgehead atoms. The molecule has 0 heterocycles. The standard InChI is InChI=1S/C20H12.C3H6O.C2H7N/c1-5-13-6-2-11-17-18-12-4-8-14-7-3-10-16(20(14)18)15(9-1)19(13)17;1-3(2)4;1-3-2/h1-12H;1-2H3;3H,1-2H3. The number of carbonyl (C=O) groups is 1. The molecule has 2 nitrogen and oxygen atoms in total. The number of nitrogens with one attached hydrogen (secondary N) is 1. The smallest absolute Gasteiger partial charge is 0.126 e. The van der Waals surface area contributed by atoms with Crippen molar-refractivity contribution in [3.63, 3.8) is 0 Å².